The van der Waals surface area contributed by atoms with E-state index in [1.165, 1.54) is 0 Å². The molecule has 0 atom stereocenters. The van der Waals surface area contributed by atoms with E-state index < -0.39 is 0 Å². The normalized spacial score (nSPS) is 14.8. The van der Waals surface area contributed by atoms with Crippen molar-refractivity contribution in [2.45, 2.75) is 6.54 Å². The summed E-state index contributed by atoms with van der Waals surface area (Å²) >= 11 is 5.85. The van der Waals surface area contributed by atoms with Gasteiger partial charge in [0.25, 0.3) is 0 Å². The molecule has 1 amide bonds. The maximum Gasteiger partial charge on any atom is 0.242 e. The lowest BCUT2D eigenvalue weighted by Gasteiger charge is -2.34. The Morgan fingerprint density at radius 1 is 1.16 bits per heavy atom. The van der Waals surface area contributed by atoms with E-state index in [1.807, 2.05) is 35.4 Å². The van der Waals surface area contributed by atoms with Crippen molar-refractivity contribution in [3.8, 4) is 5.75 Å². The predicted octanol–water partition coefficient (Wildman–Crippen LogP) is 2.18. The molecule has 0 radical (unpaired) electrons. The minimum atomic E-state index is 0. The first-order chi connectivity index (χ1) is 11.7. The van der Waals surface area contributed by atoms with Crippen LogP contribution in [0.15, 0.2) is 43.0 Å². The fraction of sp³-hybridized carbons (Fsp3) is 0.412. The van der Waals surface area contributed by atoms with Crippen molar-refractivity contribution in [1.82, 2.24) is 19.4 Å². The fourth-order valence-corrected chi connectivity index (χ4v) is 2.81. The average molecular weight is 385 g/mol. The average Bonchev–Trinajstić information content (AvgIpc) is 3.10. The van der Waals surface area contributed by atoms with Crippen LogP contribution in [-0.2, 0) is 11.3 Å². The molecular weight excluding hydrogens is 363 g/mol. The zero-order valence-electron chi connectivity index (χ0n) is 13.9. The van der Waals surface area contributed by atoms with Gasteiger partial charge in [-0.1, -0.05) is 11.6 Å². The topological polar surface area (TPSA) is 50.6 Å². The van der Waals surface area contributed by atoms with Gasteiger partial charge in [-0.05, 0) is 24.3 Å². The second-order valence-corrected chi connectivity index (χ2v) is 6.20. The Hall–Kier alpha value is -1.76. The summed E-state index contributed by atoms with van der Waals surface area (Å²) in [4.78, 5) is 20.4. The number of benzene rings is 1. The van der Waals surface area contributed by atoms with E-state index in [1.54, 1.807) is 17.1 Å². The van der Waals surface area contributed by atoms with Crippen LogP contribution >= 0.6 is 24.0 Å². The fourth-order valence-electron chi connectivity index (χ4n) is 2.68. The summed E-state index contributed by atoms with van der Waals surface area (Å²) in [5, 5.41) is 0.707. The van der Waals surface area contributed by atoms with Gasteiger partial charge < -0.3 is 14.2 Å². The van der Waals surface area contributed by atoms with Crippen molar-refractivity contribution in [2.75, 3.05) is 39.3 Å². The van der Waals surface area contributed by atoms with Gasteiger partial charge in [0.15, 0.2) is 0 Å². The zero-order chi connectivity index (χ0) is 16.8. The number of hydrogen-bond acceptors (Lipinski definition) is 4. The van der Waals surface area contributed by atoms with E-state index >= 15 is 0 Å². The molecule has 1 aromatic heterocycles. The van der Waals surface area contributed by atoms with Crippen molar-refractivity contribution in [3.05, 3.63) is 48.0 Å². The highest BCUT2D eigenvalue weighted by atomic mass is 35.5. The molecule has 1 aromatic carbocycles. The van der Waals surface area contributed by atoms with Gasteiger partial charge >= 0.3 is 0 Å². The summed E-state index contributed by atoms with van der Waals surface area (Å²) in [5.74, 6) is 0.971. The van der Waals surface area contributed by atoms with Crippen LogP contribution in [0.25, 0.3) is 0 Å². The molecule has 25 heavy (non-hydrogen) atoms. The quantitative estimate of drug-likeness (QED) is 0.765. The van der Waals surface area contributed by atoms with E-state index in [4.69, 9.17) is 16.3 Å². The standard InChI is InChI=1S/C17H21ClN4O2.ClH/c18-15-1-3-16(4-2-15)24-12-11-20-7-9-22(10-8-20)17(23)13-21-6-5-19-14-21;/h1-6,14H,7-13H2;1H. The van der Waals surface area contributed by atoms with Gasteiger partial charge in [-0.2, -0.15) is 0 Å². The van der Waals surface area contributed by atoms with Crippen LogP contribution in [0.4, 0.5) is 0 Å². The first-order valence-corrected chi connectivity index (χ1v) is 8.43. The number of nitrogens with zero attached hydrogens (tertiary/aromatic N) is 4. The number of carbonyl (C=O) groups is 1. The van der Waals surface area contributed by atoms with E-state index in [2.05, 4.69) is 9.88 Å². The molecule has 6 nitrogen and oxygen atoms in total. The molecule has 1 saturated heterocycles. The maximum atomic E-state index is 12.2. The van der Waals surface area contributed by atoms with Gasteiger partial charge in [0, 0.05) is 50.1 Å². The number of hydrogen-bond donors (Lipinski definition) is 0. The smallest absolute Gasteiger partial charge is 0.242 e. The number of rotatable bonds is 6. The van der Waals surface area contributed by atoms with Gasteiger partial charge in [0.1, 0.15) is 18.9 Å². The first kappa shape index (κ1) is 19.6. The van der Waals surface area contributed by atoms with Crippen molar-refractivity contribution in [2.24, 2.45) is 0 Å². The van der Waals surface area contributed by atoms with Crippen LogP contribution in [0, 0.1) is 0 Å². The second-order valence-electron chi connectivity index (χ2n) is 5.76. The van der Waals surface area contributed by atoms with Gasteiger partial charge in [0.05, 0.1) is 6.33 Å². The number of imidazole rings is 1. The highest BCUT2D eigenvalue weighted by Crippen LogP contribution is 2.15. The van der Waals surface area contributed by atoms with E-state index in [0.29, 0.717) is 18.2 Å². The third-order valence-electron chi connectivity index (χ3n) is 4.09. The van der Waals surface area contributed by atoms with Crippen molar-refractivity contribution >= 4 is 29.9 Å². The molecule has 0 unspecified atom stereocenters. The molecule has 8 heteroatoms. The molecular formula is C17H22Cl2N4O2. The Bertz CT molecular complexity index is 641. The summed E-state index contributed by atoms with van der Waals surface area (Å²) < 4.78 is 7.52. The second kappa shape index (κ2) is 9.65. The Kier molecular flexibility index (Phi) is 7.55. The summed E-state index contributed by atoms with van der Waals surface area (Å²) in [6.45, 7) is 5.11. The van der Waals surface area contributed by atoms with Crippen molar-refractivity contribution in [1.29, 1.82) is 0 Å². The highest BCUT2D eigenvalue weighted by Gasteiger charge is 2.20. The van der Waals surface area contributed by atoms with Crippen LogP contribution in [0.5, 0.6) is 5.75 Å². The van der Waals surface area contributed by atoms with Crippen molar-refractivity contribution in [3.63, 3.8) is 0 Å². The van der Waals surface area contributed by atoms with Crippen LogP contribution in [-0.4, -0.2) is 64.6 Å². The maximum absolute atomic E-state index is 12.2. The lowest BCUT2D eigenvalue weighted by molar-refractivity contribution is -0.133. The minimum Gasteiger partial charge on any atom is -0.492 e. The Labute approximate surface area is 158 Å². The number of amides is 1. The summed E-state index contributed by atoms with van der Waals surface area (Å²) in [6.07, 6.45) is 5.16. The number of ether oxygens (including phenoxy) is 1. The van der Waals surface area contributed by atoms with Crippen LogP contribution < -0.4 is 4.74 Å². The van der Waals surface area contributed by atoms with Gasteiger partial charge in [-0.15, -0.1) is 12.4 Å². The molecule has 2 heterocycles. The summed E-state index contributed by atoms with van der Waals surface area (Å²) in [5.41, 5.74) is 0. The van der Waals surface area contributed by atoms with Crippen LogP contribution in [0.2, 0.25) is 5.02 Å². The molecule has 2 aromatic rings. The molecule has 0 N–H and O–H groups in total. The number of aromatic nitrogens is 2. The Morgan fingerprint density at radius 3 is 2.52 bits per heavy atom. The van der Waals surface area contributed by atoms with E-state index in [-0.39, 0.29) is 18.3 Å². The summed E-state index contributed by atoms with van der Waals surface area (Å²) in [7, 11) is 0. The van der Waals surface area contributed by atoms with Gasteiger partial charge in [-0.3, -0.25) is 9.69 Å². The zero-order valence-corrected chi connectivity index (χ0v) is 15.5. The molecule has 1 fully saturated rings. The third-order valence-corrected chi connectivity index (χ3v) is 4.34. The molecule has 0 bridgehead atoms. The van der Waals surface area contributed by atoms with Crippen LogP contribution in [0.3, 0.4) is 0 Å². The van der Waals surface area contributed by atoms with Gasteiger partial charge in [0.2, 0.25) is 5.91 Å². The molecule has 0 aliphatic carbocycles. The molecule has 0 spiro atoms. The molecule has 0 saturated carbocycles. The summed E-state index contributed by atoms with van der Waals surface area (Å²) in [6, 6.07) is 7.38. The number of halogens is 2. The van der Waals surface area contributed by atoms with Crippen molar-refractivity contribution < 1.29 is 9.53 Å². The number of carbonyl (C=O) groups excluding carboxylic acids is 1. The molecule has 1 aliphatic rings. The SMILES string of the molecule is Cl.O=C(Cn1ccnc1)N1CCN(CCOc2ccc(Cl)cc2)CC1. The number of piperazine rings is 1. The molecule has 3 rings (SSSR count). The highest BCUT2D eigenvalue weighted by molar-refractivity contribution is 6.30. The Morgan fingerprint density at radius 2 is 1.88 bits per heavy atom. The third kappa shape index (κ3) is 5.92. The lowest BCUT2D eigenvalue weighted by Crippen LogP contribution is -2.50. The van der Waals surface area contributed by atoms with Gasteiger partial charge in [-0.25, -0.2) is 4.98 Å². The van der Waals surface area contributed by atoms with E-state index in [0.717, 1.165) is 38.5 Å². The lowest BCUT2D eigenvalue weighted by atomic mass is 10.3. The largest absolute Gasteiger partial charge is 0.492 e. The molecule has 136 valence electrons. The minimum absolute atomic E-state index is 0. The monoisotopic (exact) mass is 384 g/mol. The Balaban J connectivity index is 0.00000225. The first-order valence-electron chi connectivity index (χ1n) is 8.05. The van der Waals surface area contributed by atoms with E-state index in [9.17, 15) is 4.79 Å². The van der Waals surface area contributed by atoms with Crippen LogP contribution in [0.1, 0.15) is 0 Å². The predicted molar refractivity (Wildman–Crippen MR) is 99.4 cm³/mol. The molecule has 1 aliphatic heterocycles.